The number of hydrogen-bond donors (Lipinski definition) is 2. The molecule has 0 amide bonds. The normalized spacial score (nSPS) is 23.4. The van der Waals surface area contributed by atoms with Gasteiger partial charge in [-0.05, 0) is 30.7 Å². The molecule has 2 N–H and O–H groups in total. The highest BCUT2D eigenvalue weighted by atomic mass is 16.5. The minimum atomic E-state index is -0.328. The first-order valence-electron chi connectivity index (χ1n) is 9.35. The molecule has 136 valence electrons. The van der Waals surface area contributed by atoms with Crippen molar-refractivity contribution < 1.29 is 9.84 Å². The zero-order valence-corrected chi connectivity index (χ0v) is 15.1. The number of ether oxygens (including phenoxy) is 1. The van der Waals surface area contributed by atoms with E-state index in [4.69, 9.17) is 4.74 Å². The maximum atomic E-state index is 10.3. The smallest absolute Gasteiger partial charge is 0.136 e. The quantitative estimate of drug-likeness (QED) is 0.740. The zero-order valence-electron chi connectivity index (χ0n) is 15.1. The number of hydrogen-bond acceptors (Lipinski definition) is 3. The van der Waals surface area contributed by atoms with E-state index in [0.29, 0.717) is 12.8 Å². The van der Waals surface area contributed by atoms with Crippen molar-refractivity contribution >= 4 is 10.9 Å². The van der Waals surface area contributed by atoms with Crippen LogP contribution in [0.1, 0.15) is 30.2 Å². The number of nitrogens with zero attached hydrogens (tertiary/aromatic N) is 1. The topological polar surface area (TPSA) is 46.4 Å². The first-order valence-corrected chi connectivity index (χ1v) is 9.35. The van der Waals surface area contributed by atoms with Crippen molar-refractivity contribution in [1.82, 2.24) is 9.88 Å². The van der Waals surface area contributed by atoms with Gasteiger partial charge >= 0.3 is 0 Å². The largest absolute Gasteiger partial charge is 0.393 e. The van der Waals surface area contributed by atoms with Crippen LogP contribution in [0, 0.1) is 0 Å². The Bertz CT molecular complexity index is 859. The second-order valence-electron chi connectivity index (χ2n) is 7.14. The van der Waals surface area contributed by atoms with Gasteiger partial charge in [0.25, 0.3) is 0 Å². The highest BCUT2D eigenvalue weighted by molar-refractivity contribution is 5.84. The zero-order chi connectivity index (χ0) is 17.9. The number of benzene rings is 2. The number of nitrogens with one attached hydrogen (secondary N) is 1. The van der Waals surface area contributed by atoms with Gasteiger partial charge in [0, 0.05) is 31.0 Å². The van der Waals surface area contributed by atoms with Crippen molar-refractivity contribution in [1.29, 1.82) is 0 Å². The van der Waals surface area contributed by atoms with E-state index < -0.39 is 0 Å². The van der Waals surface area contributed by atoms with Crippen molar-refractivity contribution in [3.05, 3.63) is 71.9 Å². The number of aliphatic hydroxyl groups excluding tert-OH is 1. The average molecular weight is 350 g/mol. The van der Waals surface area contributed by atoms with Gasteiger partial charge in [0.2, 0.25) is 0 Å². The van der Waals surface area contributed by atoms with E-state index in [-0.39, 0.29) is 18.4 Å². The van der Waals surface area contributed by atoms with Gasteiger partial charge in [0.05, 0.1) is 17.7 Å². The molecule has 0 spiro atoms. The molecule has 1 aromatic heterocycles. The molecule has 1 saturated heterocycles. The summed E-state index contributed by atoms with van der Waals surface area (Å²) in [7, 11) is 1.92. The molecule has 4 nitrogen and oxygen atoms in total. The van der Waals surface area contributed by atoms with Gasteiger partial charge in [-0.3, -0.25) is 0 Å². The van der Waals surface area contributed by atoms with Crippen LogP contribution in [0.2, 0.25) is 0 Å². The molecule has 0 bridgehead atoms. The van der Waals surface area contributed by atoms with Crippen LogP contribution in [0.3, 0.4) is 0 Å². The van der Waals surface area contributed by atoms with Crippen LogP contribution in [-0.2, 0) is 11.2 Å². The molecule has 0 saturated carbocycles. The van der Waals surface area contributed by atoms with Gasteiger partial charge in [-0.1, -0.05) is 48.5 Å². The Balaban J connectivity index is 1.69. The molecule has 26 heavy (non-hydrogen) atoms. The minimum Gasteiger partial charge on any atom is -0.393 e. The lowest BCUT2D eigenvalue weighted by atomic mass is 10.0. The van der Waals surface area contributed by atoms with Crippen LogP contribution in [0.5, 0.6) is 0 Å². The summed E-state index contributed by atoms with van der Waals surface area (Å²) in [5.41, 5.74) is 3.76. The summed E-state index contributed by atoms with van der Waals surface area (Å²) in [4.78, 5) is 0. The van der Waals surface area contributed by atoms with Crippen LogP contribution in [0.4, 0.5) is 0 Å². The molecule has 3 atom stereocenters. The molecule has 0 unspecified atom stereocenters. The van der Waals surface area contributed by atoms with E-state index in [1.807, 2.05) is 13.1 Å². The first kappa shape index (κ1) is 17.3. The predicted molar refractivity (Wildman–Crippen MR) is 104 cm³/mol. The average Bonchev–Trinajstić information content (AvgIpc) is 3.01. The number of para-hydroxylation sites is 1. The molecule has 2 heterocycles. The summed E-state index contributed by atoms with van der Waals surface area (Å²) in [6, 6.07) is 19.0. The van der Waals surface area contributed by atoms with Crippen LogP contribution in [-0.4, -0.2) is 35.5 Å². The van der Waals surface area contributed by atoms with Gasteiger partial charge < -0.3 is 19.7 Å². The van der Waals surface area contributed by atoms with Gasteiger partial charge in [0.1, 0.15) is 6.23 Å². The monoisotopic (exact) mass is 350 g/mol. The first-order chi connectivity index (χ1) is 12.7. The van der Waals surface area contributed by atoms with Gasteiger partial charge in [-0.25, -0.2) is 0 Å². The Morgan fingerprint density at radius 1 is 1.08 bits per heavy atom. The fourth-order valence-corrected chi connectivity index (χ4v) is 3.98. The molecular formula is C22H26N2O2. The molecule has 2 aromatic carbocycles. The number of aliphatic hydroxyl groups is 1. The Hall–Kier alpha value is -2.14. The molecule has 3 aromatic rings. The van der Waals surface area contributed by atoms with Crippen molar-refractivity contribution in [2.24, 2.45) is 0 Å². The molecular weight excluding hydrogens is 324 g/mol. The predicted octanol–water partition coefficient (Wildman–Crippen LogP) is 3.49. The SMILES string of the molecule is CNC[C@@H]1C[C@H](O)C[C@H](n2cc(Cc3ccccc3)c3ccccc32)O1. The van der Waals surface area contributed by atoms with Crippen LogP contribution in [0.15, 0.2) is 60.8 Å². The molecule has 1 fully saturated rings. The third kappa shape index (κ3) is 3.54. The minimum absolute atomic E-state index is 0.0347. The maximum absolute atomic E-state index is 10.3. The summed E-state index contributed by atoms with van der Waals surface area (Å²) in [6.45, 7) is 0.754. The van der Waals surface area contributed by atoms with Crippen LogP contribution in [0.25, 0.3) is 10.9 Å². The second kappa shape index (κ2) is 7.62. The lowest BCUT2D eigenvalue weighted by Crippen LogP contribution is -2.38. The highest BCUT2D eigenvalue weighted by Gasteiger charge is 2.30. The molecule has 4 rings (SSSR count). The third-order valence-corrected chi connectivity index (χ3v) is 5.16. The fraction of sp³-hybridized carbons (Fsp3) is 0.364. The van der Waals surface area contributed by atoms with Gasteiger partial charge in [0.15, 0.2) is 0 Å². The number of likely N-dealkylation sites (N-methyl/N-ethyl adjacent to an activating group) is 1. The van der Waals surface area contributed by atoms with E-state index in [1.54, 1.807) is 0 Å². The summed E-state index contributed by atoms with van der Waals surface area (Å²) in [5, 5.41) is 14.7. The summed E-state index contributed by atoms with van der Waals surface area (Å²) in [6.07, 6.45) is 3.99. The van der Waals surface area contributed by atoms with Gasteiger partial charge in [-0.15, -0.1) is 0 Å². The maximum Gasteiger partial charge on any atom is 0.136 e. The van der Waals surface area contributed by atoms with Crippen molar-refractivity contribution in [2.75, 3.05) is 13.6 Å². The Kier molecular flexibility index (Phi) is 5.07. The van der Waals surface area contributed by atoms with Crippen LogP contribution >= 0.6 is 0 Å². The van der Waals surface area contributed by atoms with Crippen molar-refractivity contribution in [2.45, 2.75) is 37.7 Å². The standard InChI is InChI=1S/C22H26N2O2/c1-23-14-19-12-18(25)13-22(26-19)24-15-17(11-16-7-3-2-4-8-16)20-9-5-6-10-21(20)24/h2-10,15,18-19,22-23,25H,11-14H2,1H3/t18-,19-,22+/m0/s1. The number of rotatable bonds is 5. The van der Waals surface area contributed by atoms with E-state index in [2.05, 4.69) is 64.6 Å². The summed E-state index contributed by atoms with van der Waals surface area (Å²) >= 11 is 0. The van der Waals surface area contributed by atoms with E-state index >= 15 is 0 Å². The highest BCUT2D eigenvalue weighted by Crippen LogP contribution is 2.33. The summed E-state index contributed by atoms with van der Waals surface area (Å²) < 4.78 is 8.50. The molecule has 0 aliphatic carbocycles. The molecule has 4 heteroatoms. The Morgan fingerprint density at radius 2 is 1.85 bits per heavy atom. The number of fused-ring (bicyclic) bond motifs is 1. The Labute approximate surface area is 154 Å². The molecule has 1 aliphatic rings. The van der Waals surface area contributed by atoms with Crippen LogP contribution < -0.4 is 5.32 Å². The third-order valence-electron chi connectivity index (χ3n) is 5.16. The summed E-state index contributed by atoms with van der Waals surface area (Å²) in [5.74, 6) is 0. The fourth-order valence-electron chi connectivity index (χ4n) is 3.98. The lowest BCUT2D eigenvalue weighted by molar-refractivity contribution is -0.125. The second-order valence-corrected chi connectivity index (χ2v) is 7.14. The van der Waals surface area contributed by atoms with Crippen molar-refractivity contribution in [3.8, 4) is 0 Å². The number of aromatic nitrogens is 1. The van der Waals surface area contributed by atoms with Crippen molar-refractivity contribution in [3.63, 3.8) is 0 Å². The lowest BCUT2D eigenvalue weighted by Gasteiger charge is -2.34. The van der Waals surface area contributed by atoms with E-state index in [9.17, 15) is 5.11 Å². The van der Waals surface area contributed by atoms with E-state index in [0.717, 1.165) is 13.0 Å². The molecule has 1 aliphatic heterocycles. The van der Waals surface area contributed by atoms with Gasteiger partial charge in [-0.2, -0.15) is 0 Å². The molecule has 0 radical (unpaired) electrons. The van der Waals surface area contributed by atoms with E-state index in [1.165, 1.54) is 22.0 Å². The Morgan fingerprint density at radius 3 is 2.65 bits per heavy atom.